The zero-order valence-electron chi connectivity index (χ0n) is 26.4. The molecule has 0 unspecified atom stereocenters. The Hall–Kier alpha value is -5.33. The van der Waals surface area contributed by atoms with Gasteiger partial charge in [0.05, 0.1) is 12.4 Å². The van der Waals surface area contributed by atoms with Crippen LogP contribution in [0.4, 0.5) is 4.79 Å². The third-order valence-electron chi connectivity index (χ3n) is 7.11. The van der Waals surface area contributed by atoms with E-state index in [0.29, 0.717) is 24.2 Å². The van der Waals surface area contributed by atoms with Gasteiger partial charge >= 0.3 is 6.09 Å². The van der Waals surface area contributed by atoms with Crippen molar-refractivity contribution >= 4 is 12.0 Å². The summed E-state index contributed by atoms with van der Waals surface area (Å²) in [5.74, 6) is 0.128. The highest BCUT2D eigenvalue weighted by atomic mass is 16.6. The first-order valence-corrected chi connectivity index (χ1v) is 14.4. The summed E-state index contributed by atoms with van der Waals surface area (Å²) in [6.45, 7) is 9.43. The average molecular weight is 613 g/mol. The molecule has 1 aromatic carbocycles. The number of rotatable bonds is 9. The van der Waals surface area contributed by atoms with Crippen LogP contribution in [-0.4, -0.2) is 59.5 Å². The summed E-state index contributed by atoms with van der Waals surface area (Å²) < 4.78 is 19.0. The molecule has 0 radical (unpaired) electrons. The van der Waals surface area contributed by atoms with Gasteiger partial charge < -0.3 is 23.8 Å². The standard InChI is InChI=1S/C32H36N8O5/c1-20-23(18-34-40(20)7)19-39(6)28(41)22-15-24(26-33-13-14-43-26)35-25(16-22)27-37-38-29(44-27)32(5,17-21-11-9-8-10-12-21)36-30(42)45-31(2,3)4/h8-16,18H,17,19H2,1-7H3,(H,36,42)/t32-/m1/s1. The molecule has 13 nitrogen and oxygen atoms in total. The number of hydrogen-bond donors (Lipinski definition) is 1. The Morgan fingerprint density at radius 3 is 2.38 bits per heavy atom. The van der Waals surface area contributed by atoms with Crippen molar-refractivity contribution in [2.24, 2.45) is 7.05 Å². The van der Waals surface area contributed by atoms with Gasteiger partial charge in [0, 0.05) is 43.9 Å². The van der Waals surface area contributed by atoms with Crippen molar-refractivity contribution in [3.05, 3.63) is 89.4 Å². The predicted octanol–water partition coefficient (Wildman–Crippen LogP) is 5.08. The number of benzene rings is 1. The summed E-state index contributed by atoms with van der Waals surface area (Å²) in [4.78, 5) is 37.0. The third-order valence-corrected chi connectivity index (χ3v) is 7.11. The molecule has 234 valence electrons. The molecule has 0 saturated heterocycles. The van der Waals surface area contributed by atoms with Gasteiger partial charge in [-0.1, -0.05) is 30.3 Å². The highest BCUT2D eigenvalue weighted by Gasteiger charge is 2.37. The van der Waals surface area contributed by atoms with Crippen LogP contribution >= 0.6 is 0 Å². The molecule has 0 aliphatic rings. The lowest BCUT2D eigenvalue weighted by molar-refractivity contribution is 0.0443. The summed E-state index contributed by atoms with van der Waals surface area (Å²) in [6.07, 6.45) is 4.35. The summed E-state index contributed by atoms with van der Waals surface area (Å²) in [5, 5.41) is 15.8. The number of aryl methyl sites for hydroxylation is 1. The van der Waals surface area contributed by atoms with Crippen molar-refractivity contribution in [2.75, 3.05) is 7.05 Å². The van der Waals surface area contributed by atoms with Gasteiger partial charge in [0.15, 0.2) is 0 Å². The zero-order valence-corrected chi connectivity index (χ0v) is 26.4. The lowest BCUT2D eigenvalue weighted by Gasteiger charge is -2.29. The number of aromatic nitrogens is 6. The summed E-state index contributed by atoms with van der Waals surface area (Å²) in [7, 11) is 3.56. The SMILES string of the molecule is Cc1c(CN(C)C(=O)c2cc(-c3ncco3)nc(-c3nnc([C@@](C)(Cc4ccccc4)NC(=O)OC(C)(C)C)o3)c2)cnn1C. The maximum Gasteiger partial charge on any atom is 0.408 e. The number of pyridine rings is 1. The molecule has 0 aliphatic carbocycles. The van der Waals surface area contributed by atoms with Gasteiger partial charge in [0.2, 0.25) is 11.8 Å². The number of ether oxygens (including phenoxy) is 1. The van der Waals surface area contributed by atoms with E-state index >= 15 is 0 Å². The van der Waals surface area contributed by atoms with E-state index in [9.17, 15) is 9.59 Å². The second-order valence-corrected chi connectivity index (χ2v) is 12.0. The predicted molar refractivity (Wildman–Crippen MR) is 164 cm³/mol. The van der Waals surface area contributed by atoms with E-state index in [2.05, 4.69) is 30.6 Å². The first-order valence-electron chi connectivity index (χ1n) is 14.4. The fraction of sp³-hybridized carbons (Fsp3) is 0.344. The molecule has 45 heavy (non-hydrogen) atoms. The van der Waals surface area contributed by atoms with Crippen LogP contribution in [0.1, 0.15) is 60.8 Å². The van der Waals surface area contributed by atoms with Crippen LogP contribution < -0.4 is 5.32 Å². The minimum atomic E-state index is -1.14. The van der Waals surface area contributed by atoms with Gasteiger partial charge in [-0.3, -0.25) is 9.48 Å². The third kappa shape index (κ3) is 7.25. The number of amides is 2. The molecule has 5 aromatic rings. The van der Waals surface area contributed by atoms with Crippen molar-refractivity contribution in [1.29, 1.82) is 0 Å². The smallest absolute Gasteiger partial charge is 0.408 e. The van der Waals surface area contributed by atoms with Gasteiger partial charge in [-0.25, -0.2) is 14.8 Å². The number of oxazole rings is 1. The fourth-order valence-corrected chi connectivity index (χ4v) is 4.73. The summed E-state index contributed by atoms with van der Waals surface area (Å²) in [5.41, 5.74) is 1.82. The molecule has 4 heterocycles. The van der Waals surface area contributed by atoms with Gasteiger partial charge in [-0.2, -0.15) is 5.10 Å². The first kappa shape index (κ1) is 31.1. The van der Waals surface area contributed by atoms with E-state index in [1.165, 1.54) is 12.5 Å². The van der Waals surface area contributed by atoms with Gasteiger partial charge in [0.25, 0.3) is 11.8 Å². The van der Waals surface area contributed by atoms with Crippen LogP contribution in [0, 0.1) is 6.92 Å². The van der Waals surface area contributed by atoms with Crippen molar-refractivity contribution in [3.8, 4) is 23.2 Å². The van der Waals surface area contributed by atoms with E-state index < -0.39 is 17.2 Å². The quantitative estimate of drug-likeness (QED) is 0.238. The van der Waals surface area contributed by atoms with Crippen LogP contribution in [-0.2, 0) is 30.3 Å². The Bertz CT molecular complexity index is 1790. The minimum Gasteiger partial charge on any atom is -0.444 e. The second kappa shape index (κ2) is 12.3. The molecule has 0 fully saturated rings. The molecule has 1 atom stereocenters. The van der Waals surface area contributed by atoms with E-state index in [1.807, 2.05) is 44.3 Å². The van der Waals surface area contributed by atoms with E-state index in [-0.39, 0.29) is 29.3 Å². The summed E-state index contributed by atoms with van der Waals surface area (Å²) >= 11 is 0. The lowest BCUT2D eigenvalue weighted by atomic mass is 9.92. The van der Waals surface area contributed by atoms with Gasteiger partial charge in [-0.15, -0.1) is 10.2 Å². The van der Waals surface area contributed by atoms with Gasteiger partial charge in [-0.05, 0) is 52.3 Å². The van der Waals surface area contributed by atoms with Gasteiger partial charge in [0.1, 0.15) is 28.8 Å². The molecule has 1 N–H and O–H groups in total. The maximum atomic E-state index is 13.7. The molecule has 0 bridgehead atoms. The maximum absolute atomic E-state index is 13.7. The topological polar surface area (TPSA) is 154 Å². The number of hydrogen-bond acceptors (Lipinski definition) is 10. The second-order valence-electron chi connectivity index (χ2n) is 12.0. The Balaban J connectivity index is 1.50. The van der Waals surface area contributed by atoms with Crippen LogP contribution in [0.2, 0.25) is 0 Å². The monoisotopic (exact) mass is 612 g/mol. The Kier molecular flexibility index (Phi) is 8.53. The van der Waals surface area contributed by atoms with E-state index in [1.54, 1.807) is 62.7 Å². The Morgan fingerprint density at radius 1 is 1.04 bits per heavy atom. The van der Waals surface area contributed by atoms with Crippen molar-refractivity contribution < 1.29 is 23.2 Å². The minimum absolute atomic E-state index is 0.0449. The molecule has 2 amide bonds. The largest absolute Gasteiger partial charge is 0.444 e. The van der Waals surface area contributed by atoms with Crippen LogP contribution in [0.25, 0.3) is 23.2 Å². The van der Waals surface area contributed by atoms with Crippen molar-refractivity contribution in [3.63, 3.8) is 0 Å². The van der Waals surface area contributed by atoms with Crippen LogP contribution in [0.5, 0.6) is 0 Å². The van der Waals surface area contributed by atoms with Crippen molar-refractivity contribution in [1.82, 2.24) is 40.2 Å². The molecule has 0 spiro atoms. The fourth-order valence-electron chi connectivity index (χ4n) is 4.73. The van der Waals surface area contributed by atoms with E-state index in [0.717, 1.165) is 16.8 Å². The Morgan fingerprint density at radius 2 is 1.76 bits per heavy atom. The molecule has 13 heteroatoms. The average Bonchev–Trinajstić information content (AvgIpc) is 3.76. The molecule has 0 saturated carbocycles. The molecule has 4 aromatic heterocycles. The number of carbonyl (C=O) groups excluding carboxylic acids is 2. The lowest BCUT2D eigenvalue weighted by Crippen LogP contribution is -2.47. The highest BCUT2D eigenvalue weighted by Crippen LogP contribution is 2.30. The van der Waals surface area contributed by atoms with Crippen molar-refractivity contribution in [2.45, 2.75) is 58.7 Å². The molecule has 0 aliphatic heterocycles. The molecule has 5 rings (SSSR count). The number of nitrogens with one attached hydrogen (secondary N) is 1. The highest BCUT2D eigenvalue weighted by molar-refractivity contribution is 5.95. The van der Waals surface area contributed by atoms with Crippen LogP contribution in [0.3, 0.4) is 0 Å². The number of nitrogens with zero attached hydrogens (tertiary/aromatic N) is 7. The van der Waals surface area contributed by atoms with Crippen LogP contribution in [0.15, 0.2) is 70.0 Å². The number of alkyl carbamates (subject to hydrolysis) is 1. The summed E-state index contributed by atoms with van der Waals surface area (Å²) in [6, 6.07) is 12.8. The van der Waals surface area contributed by atoms with E-state index in [4.69, 9.17) is 13.6 Å². The molecular weight excluding hydrogens is 576 g/mol. The normalized spacial score (nSPS) is 12.9. The molecular formula is C32H36N8O5. The Labute approximate surface area is 260 Å². The number of carbonyl (C=O) groups is 2. The zero-order chi connectivity index (χ0) is 32.4. The first-order chi connectivity index (χ1) is 21.3.